The molecule has 1 heterocycles. The van der Waals surface area contributed by atoms with E-state index in [4.69, 9.17) is 9.97 Å². The van der Waals surface area contributed by atoms with Gasteiger partial charge >= 0.3 is 0 Å². The van der Waals surface area contributed by atoms with Gasteiger partial charge in [-0.15, -0.1) is 0 Å². The molecule has 3 nitrogen and oxygen atoms in total. The summed E-state index contributed by atoms with van der Waals surface area (Å²) < 4.78 is 0. The molecule has 0 fully saturated rings. The first kappa shape index (κ1) is 15.6. The van der Waals surface area contributed by atoms with E-state index in [-0.39, 0.29) is 0 Å². The molecule has 21 heavy (non-hydrogen) atoms. The van der Waals surface area contributed by atoms with Crippen LogP contribution in [0.5, 0.6) is 0 Å². The second kappa shape index (κ2) is 6.81. The minimum absolute atomic E-state index is 0.801. The second-order valence-corrected chi connectivity index (χ2v) is 5.74. The van der Waals surface area contributed by atoms with Crippen LogP contribution in [0.25, 0.3) is 0 Å². The number of nitrogens with zero attached hydrogens (tertiary/aromatic N) is 2. The van der Waals surface area contributed by atoms with Gasteiger partial charge < -0.3 is 5.32 Å². The summed E-state index contributed by atoms with van der Waals surface area (Å²) in [5.74, 6) is 0.918. The molecule has 0 amide bonds. The van der Waals surface area contributed by atoms with Crippen LogP contribution < -0.4 is 5.32 Å². The molecule has 1 aromatic heterocycles. The Morgan fingerprint density at radius 2 is 1.62 bits per heavy atom. The fraction of sp³-hybridized carbons (Fsp3) is 0.444. The van der Waals surface area contributed by atoms with Crippen molar-refractivity contribution in [3.63, 3.8) is 0 Å². The molecule has 0 aliphatic carbocycles. The van der Waals surface area contributed by atoms with Crippen LogP contribution in [-0.2, 0) is 12.8 Å². The van der Waals surface area contributed by atoms with Gasteiger partial charge in [-0.25, -0.2) is 9.97 Å². The molecule has 2 aromatic rings. The fourth-order valence-electron chi connectivity index (χ4n) is 2.60. The molecule has 112 valence electrons. The van der Waals surface area contributed by atoms with Crippen molar-refractivity contribution >= 4 is 0 Å². The second-order valence-electron chi connectivity index (χ2n) is 5.74. The van der Waals surface area contributed by atoms with Crippen molar-refractivity contribution < 1.29 is 0 Å². The number of hydrogen-bond acceptors (Lipinski definition) is 3. The SMILES string of the molecule is CNCCc1c(C)nc(Cc2ccc(C)c(C)c2)nc1C. The molecule has 1 aromatic carbocycles. The Balaban J connectivity index is 2.22. The quantitative estimate of drug-likeness (QED) is 0.916. The molecule has 0 bridgehead atoms. The van der Waals surface area contributed by atoms with Crippen LogP contribution in [0.15, 0.2) is 18.2 Å². The molecule has 0 aliphatic heterocycles. The van der Waals surface area contributed by atoms with E-state index in [0.717, 1.165) is 36.6 Å². The van der Waals surface area contributed by atoms with Gasteiger partial charge in [0, 0.05) is 17.8 Å². The molecule has 0 unspecified atom stereocenters. The molecular weight excluding hydrogens is 258 g/mol. The number of hydrogen-bond donors (Lipinski definition) is 1. The zero-order valence-electron chi connectivity index (χ0n) is 13.7. The van der Waals surface area contributed by atoms with E-state index in [2.05, 4.69) is 51.2 Å². The normalized spacial score (nSPS) is 10.9. The lowest BCUT2D eigenvalue weighted by atomic mass is 10.0. The number of nitrogens with one attached hydrogen (secondary N) is 1. The Hall–Kier alpha value is -1.74. The molecule has 1 N–H and O–H groups in total. The van der Waals surface area contributed by atoms with Crippen molar-refractivity contribution in [3.05, 3.63) is 57.7 Å². The van der Waals surface area contributed by atoms with Crippen molar-refractivity contribution in [2.75, 3.05) is 13.6 Å². The van der Waals surface area contributed by atoms with E-state index in [9.17, 15) is 0 Å². The molecule has 2 rings (SSSR count). The number of aromatic nitrogens is 2. The molecule has 0 saturated carbocycles. The first-order chi connectivity index (χ1) is 10.0. The molecule has 3 heteroatoms. The maximum Gasteiger partial charge on any atom is 0.133 e. The largest absolute Gasteiger partial charge is 0.319 e. The smallest absolute Gasteiger partial charge is 0.133 e. The van der Waals surface area contributed by atoms with Crippen molar-refractivity contribution in [1.29, 1.82) is 0 Å². The van der Waals surface area contributed by atoms with Crippen LogP contribution in [0.3, 0.4) is 0 Å². The summed E-state index contributed by atoms with van der Waals surface area (Å²) in [6.07, 6.45) is 1.78. The Bertz CT molecular complexity index is 609. The van der Waals surface area contributed by atoms with Gasteiger partial charge in [-0.05, 0) is 70.0 Å². The van der Waals surface area contributed by atoms with Crippen LogP contribution in [0.4, 0.5) is 0 Å². The number of benzene rings is 1. The maximum atomic E-state index is 4.70. The Labute approximate surface area is 127 Å². The summed E-state index contributed by atoms with van der Waals surface area (Å²) in [5.41, 5.74) is 7.42. The Morgan fingerprint density at radius 1 is 0.952 bits per heavy atom. The van der Waals surface area contributed by atoms with Gasteiger partial charge in [-0.1, -0.05) is 18.2 Å². The van der Waals surface area contributed by atoms with Crippen LogP contribution in [0.1, 0.15) is 39.5 Å². The van der Waals surface area contributed by atoms with Crippen LogP contribution in [0, 0.1) is 27.7 Å². The average molecular weight is 283 g/mol. The summed E-state index contributed by atoms with van der Waals surface area (Å²) in [5, 5.41) is 3.18. The fourth-order valence-corrected chi connectivity index (χ4v) is 2.60. The minimum Gasteiger partial charge on any atom is -0.319 e. The van der Waals surface area contributed by atoms with Gasteiger partial charge in [-0.2, -0.15) is 0 Å². The highest BCUT2D eigenvalue weighted by Gasteiger charge is 2.09. The Kier molecular flexibility index (Phi) is 5.07. The third kappa shape index (κ3) is 3.88. The van der Waals surface area contributed by atoms with E-state index in [1.165, 1.54) is 22.3 Å². The summed E-state index contributed by atoms with van der Waals surface area (Å²) in [7, 11) is 1.97. The van der Waals surface area contributed by atoms with Crippen molar-refractivity contribution in [2.45, 2.75) is 40.5 Å². The molecule has 0 spiro atoms. The third-order valence-corrected chi connectivity index (χ3v) is 4.03. The highest BCUT2D eigenvalue weighted by atomic mass is 14.9. The highest BCUT2D eigenvalue weighted by Crippen LogP contribution is 2.15. The molecular formula is C18H25N3. The molecule has 0 saturated heterocycles. The zero-order valence-corrected chi connectivity index (χ0v) is 13.7. The molecule has 0 aliphatic rings. The number of rotatable bonds is 5. The van der Waals surface area contributed by atoms with Gasteiger partial charge in [0.05, 0.1) is 0 Å². The van der Waals surface area contributed by atoms with Crippen molar-refractivity contribution in [2.24, 2.45) is 0 Å². The van der Waals surface area contributed by atoms with Crippen LogP contribution >= 0.6 is 0 Å². The van der Waals surface area contributed by atoms with E-state index in [1.54, 1.807) is 0 Å². The summed E-state index contributed by atoms with van der Waals surface area (Å²) in [4.78, 5) is 9.39. The van der Waals surface area contributed by atoms with Crippen molar-refractivity contribution in [1.82, 2.24) is 15.3 Å². The van der Waals surface area contributed by atoms with Gasteiger partial charge in [0.2, 0.25) is 0 Å². The zero-order chi connectivity index (χ0) is 15.4. The van der Waals surface area contributed by atoms with Gasteiger partial charge in [-0.3, -0.25) is 0 Å². The van der Waals surface area contributed by atoms with E-state index in [1.807, 2.05) is 7.05 Å². The topological polar surface area (TPSA) is 37.8 Å². The standard InChI is InChI=1S/C18H25N3/c1-12-6-7-16(10-13(12)2)11-18-20-14(3)17(8-9-19-5)15(4)21-18/h6-7,10,19H,8-9,11H2,1-5H3. The molecule has 0 atom stereocenters. The lowest BCUT2D eigenvalue weighted by molar-refractivity contribution is 0.766. The number of aryl methyl sites for hydroxylation is 4. The predicted octanol–water partition coefficient (Wildman–Crippen LogP) is 3.06. The van der Waals surface area contributed by atoms with E-state index in [0.29, 0.717) is 0 Å². The lowest BCUT2D eigenvalue weighted by Crippen LogP contribution is -2.14. The monoisotopic (exact) mass is 283 g/mol. The summed E-state index contributed by atoms with van der Waals surface area (Å²) >= 11 is 0. The third-order valence-electron chi connectivity index (χ3n) is 4.03. The van der Waals surface area contributed by atoms with Gasteiger partial charge in [0.1, 0.15) is 5.82 Å². The van der Waals surface area contributed by atoms with E-state index >= 15 is 0 Å². The molecule has 0 radical (unpaired) electrons. The number of likely N-dealkylation sites (N-methyl/N-ethyl adjacent to an activating group) is 1. The maximum absolute atomic E-state index is 4.70. The van der Waals surface area contributed by atoms with Gasteiger partial charge in [0.15, 0.2) is 0 Å². The first-order valence-electron chi connectivity index (χ1n) is 7.55. The Morgan fingerprint density at radius 3 is 2.19 bits per heavy atom. The predicted molar refractivity (Wildman–Crippen MR) is 87.9 cm³/mol. The first-order valence-corrected chi connectivity index (χ1v) is 7.55. The summed E-state index contributed by atoms with van der Waals surface area (Å²) in [6, 6.07) is 6.58. The van der Waals surface area contributed by atoms with Crippen molar-refractivity contribution in [3.8, 4) is 0 Å². The van der Waals surface area contributed by atoms with E-state index < -0.39 is 0 Å². The lowest BCUT2D eigenvalue weighted by Gasteiger charge is -2.11. The minimum atomic E-state index is 0.801. The average Bonchev–Trinajstić information content (AvgIpc) is 2.42. The van der Waals surface area contributed by atoms with Gasteiger partial charge in [0.25, 0.3) is 0 Å². The summed E-state index contributed by atoms with van der Waals surface area (Å²) in [6.45, 7) is 9.42. The highest BCUT2D eigenvalue weighted by molar-refractivity contribution is 5.32. The van der Waals surface area contributed by atoms with Crippen LogP contribution in [0.2, 0.25) is 0 Å². The van der Waals surface area contributed by atoms with Crippen LogP contribution in [-0.4, -0.2) is 23.6 Å².